The SMILES string of the molecule is CC(C)N[C@]12CCN(C1)C(=O)OCC=CCCC[C@@](C)(C(=O)C(C)C)NCC2=O. The molecule has 2 aliphatic heterocycles. The lowest BCUT2D eigenvalue weighted by molar-refractivity contribution is -0.129. The summed E-state index contributed by atoms with van der Waals surface area (Å²) in [5.41, 5.74) is -1.57. The number of allylic oxidation sites excluding steroid dienone is 1. The summed E-state index contributed by atoms with van der Waals surface area (Å²) in [5.74, 6) is -0.00993. The van der Waals surface area contributed by atoms with Gasteiger partial charge in [-0.2, -0.15) is 0 Å². The van der Waals surface area contributed by atoms with Crippen LogP contribution in [0.15, 0.2) is 12.2 Å². The van der Waals surface area contributed by atoms with Crippen LogP contribution in [0.3, 0.4) is 0 Å². The van der Waals surface area contributed by atoms with Gasteiger partial charge in [0.1, 0.15) is 6.61 Å². The average molecular weight is 408 g/mol. The minimum absolute atomic E-state index is 0.0164. The molecule has 2 N–H and O–H groups in total. The molecule has 2 aliphatic rings. The van der Waals surface area contributed by atoms with Crippen LogP contribution in [-0.2, 0) is 14.3 Å². The van der Waals surface area contributed by atoms with Gasteiger partial charge < -0.3 is 15.0 Å². The fraction of sp³-hybridized carbons (Fsp3) is 0.773. The first-order chi connectivity index (χ1) is 13.6. The van der Waals surface area contributed by atoms with Crippen LogP contribution in [0.2, 0.25) is 0 Å². The topological polar surface area (TPSA) is 87.7 Å². The highest BCUT2D eigenvalue weighted by molar-refractivity contribution is 5.94. The number of hydrogen-bond donors (Lipinski definition) is 2. The van der Waals surface area contributed by atoms with E-state index in [9.17, 15) is 14.4 Å². The van der Waals surface area contributed by atoms with Gasteiger partial charge in [-0.15, -0.1) is 0 Å². The van der Waals surface area contributed by atoms with Gasteiger partial charge in [-0.3, -0.25) is 14.9 Å². The number of ketones is 2. The summed E-state index contributed by atoms with van der Waals surface area (Å²) in [6.07, 6.45) is 6.21. The third-order valence-corrected chi connectivity index (χ3v) is 5.85. The van der Waals surface area contributed by atoms with Crippen LogP contribution < -0.4 is 10.6 Å². The number of nitrogens with one attached hydrogen (secondary N) is 2. The summed E-state index contributed by atoms with van der Waals surface area (Å²) in [4.78, 5) is 40.2. The van der Waals surface area contributed by atoms with Crippen molar-refractivity contribution >= 4 is 17.7 Å². The molecule has 0 unspecified atom stereocenters. The molecule has 2 atom stereocenters. The minimum atomic E-state index is -0.821. The van der Waals surface area contributed by atoms with E-state index >= 15 is 0 Å². The number of amides is 1. The second kappa shape index (κ2) is 9.85. The van der Waals surface area contributed by atoms with E-state index < -0.39 is 17.2 Å². The summed E-state index contributed by atoms with van der Waals surface area (Å²) >= 11 is 0. The fourth-order valence-corrected chi connectivity index (χ4v) is 4.29. The van der Waals surface area contributed by atoms with Crippen molar-refractivity contribution in [3.63, 3.8) is 0 Å². The van der Waals surface area contributed by atoms with Gasteiger partial charge in [0, 0.05) is 25.0 Å². The van der Waals surface area contributed by atoms with Crippen LogP contribution in [0.4, 0.5) is 4.79 Å². The molecule has 0 aromatic rings. The molecule has 0 aromatic carbocycles. The standard InChI is InChI=1S/C22H37N3O4/c1-16(2)19(27)21(5)10-8-6-7-9-13-29-20(28)25-12-11-22(15-25,24-17(3)4)18(26)14-23-21/h7,9,16-17,23-24H,6,8,10-15H2,1-5H3/t21-,22+/m0/s1. The molecule has 0 aliphatic carbocycles. The molecule has 164 valence electrons. The Labute approximate surface area is 174 Å². The lowest BCUT2D eigenvalue weighted by atomic mass is 9.83. The first-order valence-corrected chi connectivity index (χ1v) is 10.8. The van der Waals surface area contributed by atoms with E-state index in [1.165, 1.54) is 0 Å². The molecular formula is C22H37N3O4. The number of nitrogens with zero attached hydrogens (tertiary/aromatic N) is 1. The molecule has 7 heteroatoms. The summed E-state index contributed by atoms with van der Waals surface area (Å²) in [6, 6.07) is 0.0867. The summed E-state index contributed by atoms with van der Waals surface area (Å²) in [5, 5.41) is 6.68. The van der Waals surface area contributed by atoms with Gasteiger partial charge in [-0.05, 0) is 46.5 Å². The van der Waals surface area contributed by atoms with E-state index in [4.69, 9.17) is 4.74 Å². The molecule has 0 aromatic heterocycles. The molecule has 29 heavy (non-hydrogen) atoms. The number of rotatable bonds is 4. The molecule has 0 saturated carbocycles. The number of hydrogen-bond acceptors (Lipinski definition) is 6. The Hall–Kier alpha value is -1.73. The Kier molecular flexibility index (Phi) is 8.00. The van der Waals surface area contributed by atoms with E-state index in [0.29, 0.717) is 19.4 Å². The number of carbonyl (C=O) groups is 3. The largest absolute Gasteiger partial charge is 0.445 e. The van der Waals surface area contributed by atoms with Crippen LogP contribution in [0, 0.1) is 5.92 Å². The Morgan fingerprint density at radius 1 is 1.21 bits per heavy atom. The number of Topliss-reactive ketones (excluding diaryl/α,β-unsaturated/α-hetero) is 2. The van der Waals surface area contributed by atoms with Gasteiger partial charge >= 0.3 is 6.09 Å². The molecule has 7 nitrogen and oxygen atoms in total. The maximum atomic E-state index is 13.3. The van der Waals surface area contributed by atoms with Crippen molar-refractivity contribution in [3.05, 3.63) is 12.2 Å². The smallest absolute Gasteiger partial charge is 0.410 e. The van der Waals surface area contributed by atoms with Crippen molar-refractivity contribution in [2.75, 3.05) is 26.2 Å². The van der Waals surface area contributed by atoms with E-state index in [1.807, 2.05) is 46.8 Å². The van der Waals surface area contributed by atoms with Gasteiger partial charge in [-0.25, -0.2) is 4.79 Å². The predicted octanol–water partition coefficient (Wildman–Crippen LogP) is 2.45. The maximum Gasteiger partial charge on any atom is 0.410 e. The van der Waals surface area contributed by atoms with Gasteiger partial charge in [0.15, 0.2) is 11.6 Å². The lowest BCUT2D eigenvalue weighted by Gasteiger charge is -2.35. The van der Waals surface area contributed by atoms with Gasteiger partial charge in [-0.1, -0.05) is 26.0 Å². The van der Waals surface area contributed by atoms with Crippen molar-refractivity contribution in [3.8, 4) is 0 Å². The zero-order valence-electron chi connectivity index (χ0n) is 18.5. The Morgan fingerprint density at radius 3 is 2.59 bits per heavy atom. The number of carbonyl (C=O) groups excluding carboxylic acids is 3. The molecular weight excluding hydrogens is 370 g/mol. The molecule has 1 amide bonds. The Balaban J connectivity index is 2.28. The lowest BCUT2D eigenvalue weighted by Crippen LogP contribution is -2.61. The molecule has 1 fully saturated rings. The Bertz CT molecular complexity index is 646. The van der Waals surface area contributed by atoms with Crippen LogP contribution in [-0.4, -0.2) is 65.9 Å². The highest BCUT2D eigenvalue weighted by atomic mass is 16.6. The second-order valence-corrected chi connectivity index (χ2v) is 9.12. The number of cyclic esters (lactones) is 1. The van der Waals surface area contributed by atoms with Crippen molar-refractivity contribution in [1.82, 2.24) is 15.5 Å². The normalized spacial score (nSPS) is 29.7. The van der Waals surface area contributed by atoms with E-state index in [1.54, 1.807) is 4.90 Å². The highest BCUT2D eigenvalue weighted by Gasteiger charge is 2.47. The molecule has 2 rings (SSSR count). The monoisotopic (exact) mass is 407 g/mol. The average Bonchev–Trinajstić information content (AvgIpc) is 3.08. The number of fused-ring (bicyclic) bond motifs is 2. The third kappa shape index (κ3) is 5.89. The van der Waals surface area contributed by atoms with Crippen LogP contribution in [0.1, 0.15) is 60.3 Å². The van der Waals surface area contributed by atoms with Crippen molar-refractivity contribution in [2.24, 2.45) is 5.92 Å². The zero-order chi connectivity index (χ0) is 21.7. The van der Waals surface area contributed by atoms with Crippen LogP contribution >= 0.6 is 0 Å². The molecule has 1 saturated heterocycles. The first kappa shape index (κ1) is 23.5. The first-order valence-electron chi connectivity index (χ1n) is 10.8. The minimum Gasteiger partial charge on any atom is -0.445 e. The quantitative estimate of drug-likeness (QED) is 0.696. The maximum absolute atomic E-state index is 13.3. The Morgan fingerprint density at radius 2 is 1.93 bits per heavy atom. The fourth-order valence-electron chi connectivity index (χ4n) is 4.29. The summed E-state index contributed by atoms with van der Waals surface area (Å²) in [7, 11) is 0. The summed E-state index contributed by atoms with van der Waals surface area (Å²) < 4.78 is 5.34. The molecule has 2 bridgehead atoms. The number of ether oxygens (including phenoxy) is 1. The van der Waals surface area contributed by atoms with E-state index in [0.717, 1.165) is 12.8 Å². The van der Waals surface area contributed by atoms with E-state index in [2.05, 4.69) is 10.6 Å². The van der Waals surface area contributed by atoms with Crippen molar-refractivity contribution in [2.45, 2.75) is 77.4 Å². The van der Waals surface area contributed by atoms with Gasteiger partial charge in [0.25, 0.3) is 0 Å². The van der Waals surface area contributed by atoms with Gasteiger partial charge in [0.2, 0.25) is 0 Å². The van der Waals surface area contributed by atoms with Crippen molar-refractivity contribution in [1.29, 1.82) is 0 Å². The van der Waals surface area contributed by atoms with Crippen LogP contribution in [0.25, 0.3) is 0 Å². The second-order valence-electron chi connectivity index (χ2n) is 9.12. The predicted molar refractivity (Wildman–Crippen MR) is 113 cm³/mol. The van der Waals surface area contributed by atoms with E-state index in [-0.39, 0.29) is 43.2 Å². The van der Waals surface area contributed by atoms with Gasteiger partial charge in [0.05, 0.1) is 17.6 Å². The van der Waals surface area contributed by atoms with Crippen LogP contribution in [0.5, 0.6) is 0 Å². The molecule has 2 heterocycles. The van der Waals surface area contributed by atoms with Crippen molar-refractivity contribution < 1.29 is 19.1 Å². The highest BCUT2D eigenvalue weighted by Crippen LogP contribution is 2.26. The third-order valence-electron chi connectivity index (χ3n) is 5.85. The zero-order valence-corrected chi connectivity index (χ0v) is 18.5. The summed E-state index contributed by atoms with van der Waals surface area (Å²) in [6.45, 7) is 10.7. The molecule has 0 spiro atoms. The molecule has 0 radical (unpaired) electrons.